The lowest BCUT2D eigenvalue weighted by Crippen LogP contribution is -2.37. The maximum absolute atomic E-state index is 5.85. The van der Waals surface area contributed by atoms with Gasteiger partial charge >= 0.3 is 0 Å². The van der Waals surface area contributed by atoms with Crippen LogP contribution >= 0.6 is 11.3 Å². The van der Waals surface area contributed by atoms with Crippen molar-refractivity contribution in [3.63, 3.8) is 0 Å². The summed E-state index contributed by atoms with van der Waals surface area (Å²) >= 11 is 1.64. The van der Waals surface area contributed by atoms with Gasteiger partial charge in [-0.15, -0.1) is 11.3 Å². The molecule has 0 radical (unpaired) electrons. The monoisotopic (exact) mass is 343 g/mol. The number of nitrogens with zero attached hydrogens (tertiary/aromatic N) is 5. The molecule has 0 bridgehead atoms. The number of pyridine rings is 1. The molecule has 1 saturated heterocycles. The highest BCUT2D eigenvalue weighted by atomic mass is 32.1. The van der Waals surface area contributed by atoms with Crippen molar-refractivity contribution in [3.8, 4) is 11.4 Å². The molecule has 4 rings (SSSR count). The summed E-state index contributed by atoms with van der Waals surface area (Å²) in [4.78, 5) is 15.3. The highest BCUT2D eigenvalue weighted by Gasteiger charge is 2.25. The first-order valence-electron chi connectivity index (χ1n) is 7.77. The molecule has 0 aliphatic carbocycles. The van der Waals surface area contributed by atoms with E-state index in [2.05, 4.69) is 30.4 Å². The molecule has 0 aromatic carbocycles. The van der Waals surface area contributed by atoms with Gasteiger partial charge in [-0.25, -0.2) is 4.98 Å². The second kappa shape index (κ2) is 6.76. The van der Waals surface area contributed by atoms with Crippen molar-refractivity contribution in [2.45, 2.75) is 19.6 Å². The Balaban J connectivity index is 1.43. The van der Waals surface area contributed by atoms with Crippen molar-refractivity contribution in [2.24, 2.45) is 0 Å². The number of morpholine rings is 1. The van der Waals surface area contributed by atoms with Gasteiger partial charge in [0.2, 0.25) is 11.7 Å². The van der Waals surface area contributed by atoms with Crippen molar-refractivity contribution in [2.75, 3.05) is 19.7 Å². The van der Waals surface area contributed by atoms with E-state index < -0.39 is 0 Å². The molecule has 124 valence electrons. The van der Waals surface area contributed by atoms with Crippen LogP contribution in [0, 0.1) is 6.92 Å². The normalized spacial score (nSPS) is 18.8. The number of rotatable bonds is 4. The minimum atomic E-state index is 0.0122. The fourth-order valence-electron chi connectivity index (χ4n) is 2.64. The number of thiazole rings is 1. The zero-order chi connectivity index (χ0) is 16.4. The maximum atomic E-state index is 5.85. The van der Waals surface area contributed by atoms with Crippen molar-refractivity contribution < 1.29 is 9.26 Å². The van der Waals surface area contributed by atoms with Gasteiger partial charge in [0, 0.05) is 42.1 Å². The van der Waals surface area contributed by atoms with E-state index in [0.29, 0.717) is 24.9 Å². The van der Waals surface area contributed by atoms with E-state index in [1.165, 1.54) is 0 Å². The second-order valence-corrected chi connectivity index (χ2v) is 6.56. The maximum Gasteiger partial charge on any atom is 0.241 e. The Labute approximate surface area is 143 Å². The smallest absolute Gasteiger partial charge is 0.241 e. The molecule has 3 aromatic heterocycles. The van der Waals surface area contributed by atoms with E-state index in [-0.39, 0.29) is 6.10 Å². The molecule has 0 N–H and O–H groups in total. The summed E-state index contributed by atoms with van der Waals surface area (Å²) in [6.07, 6.45) is 3.46. The fourth-order valence-corrected chi connectivity index (χ4v) is 3.47. The van der Waals surface area contributed by atoms with Crippen LogP contribution in [-0.4, -0.2) is 44.7 Å². The van der Waals surface area contributed by atoms with E-state index in [9.17, 15) is 0 Å². The van der Waals surface area contributed by atoms with E-state index in [0.717, 1.165) is 29.4 Å². The largest absolute Gasteiger partial charge is 0.368 e. The first kappa shape index (κ1) is 15.4. The van der Waals surface area contributed by atoms with Crippen LogP contribution in [0.3, 0.4) is 0 Å². The van der Waals surface area contributed by atoms with Gasteiger partial charge in [-0.1, -0.05) is 5.16 Å². The Morgan fingerprint density at radius 2 is 2.33 bits per heavy atom. The molecule has 4 heterocycles. The minimum Gasteiger partial charge on any atom is -0.368 e. The summed E-state index contributed by atoms with van der Waals surface area (Å²) in [5, 5.41) is 7.12. The van der Waals surface area contributed by atoms with Crippen molar-refractivity contribution >= 4 is 11.3 Å². The van der Waals surface area contributed by atoms with Crippen LogP contribution in [0.5, 0.6) is 0 Å². The molecule has 0 unspecified atom stereocenters. The molecule has 7 nitrogen and oxygen atoms in total. The summed E-state index contributed by atoms with van der Waals surface area (Å²) in [6, 6.07) is 3.77. The molecule has 8 heteroatoms. The molecule has 1 atom stereocenters. The van der Waals surface area contributed by atoms with Crippen molar-refractivity contribution in [1.29, 1.82) is 0 Å². The van der Waals surface area contributed by atoms with Crippen molar-refractivity contribution in [1.82, 2.24) is 25.0 Å². The third-order valence-electron chi connectivity index (χ3n) is 3.81. The van der Waals surface area contributed by atoms with Crippen LogP contribution in [0.4, 0.5) is 0 Å². The second-order valence-electron chi connectivity index (χ2n) is 5.68. The molecule has 3 aromatic rings. The summed E-state index contributed by atoms with van der Waals surface area (Å²) < 4.78 is 11.2. The summed E-state index contributed by atoms with van der Waals surface area (Å²) in [5.41, 5.74) is 1.89. The molecule has 24 heavy (non-hydrogen) atoms. The molecule has 1 aliphatic rings. The lowest BCUT2D eigenvalue weighted by Gasteiger charge is -2.30. The minimum absolute atomic E-state index is 0.0122. The molecule has 0 amide bonds. The molecule has 0 spiro atoms. The van der Waals surface area contributed by atoms with Crippen LogP contribution in [0.25, 0.3) is 11.4 Å². The fraction of sp³-hybridized carbons (Fsp3) is 0.375. The Morgan fingerprint density at radius 1 is 1.38 bits per heavy atom. The predicted molar refractivity (Wildman–Crippen MR) is 88.4 cm³/mol. The number of ether oxygens (including phenoxy) is 1. The van der Waals surface area contributed by atoms with Gasteiger partial charge in [-0.2, -0.15) is 4.98 Å². The topological polar surface area (TPSA) is 77.2 Å². The van der Waals surface area contributed by atoms with Gasteiger partial charge in [0.05, 0.1) is 13.2 Å². The lowest BCUT2D eigenvalue weighted by atomic mass is 10.2. The van der Waals surface area contributed by atoms with E-state index >= 15 is 0 Å². The van der Waals surface area contributed by atoms with E-state index in [4.69, 9.17) is 9.26 Å². The molecular weight excluding hydrogens is 326 g/mol. The van der Waals surface area contributed by atoms with Gasteiger partial charge in [0.25, 0.3) is 0 Å². The quantitative estimate of drug-likeness (QED) is 0.720. The summed E-state index contributed by atoms with van der Waals surface area (Å²) in [6.45, 7) is 4.90. The zero-order valence-corrected chi connectivity index (χ0v) is 14.1. The first-order chi connectivity index (χ1) is 11.8. The van der Waals surface area contributed by atoms with Gasteiger partial charge in [-0.3, -0.25) is 9.88 Å². The SMILES string of the molecule is Cc1csc([C@H]2CN(Cc3nc(-c4cccnc4)no3)CCO2)n1. The van der Waals surface area contributed by atoms with Crippen LogP contribution < -0.4 is 0 Å². The average molecular weight is 343 g/mol. The Morgan fingerprint density at radius 3 is 3.12 bits per heavy atom. The zero-order valence-electron chi connectivity index (χ0n) is 13.3. The Hall–Kier alpha value is -2.16. The molecule has 1 fully saturated rings. The average Bonchev–Trinajstić information content (AvgIpc) is 3.25. The summed E-state index contributed by atoms with van der Waals surface area (Å²) in [7, 11) is 0. The number of aromatic nitrogens is 4. The van der Waals surface area contributed by atoms with Crippen LogP contribution in [0.2, 0.25) is 0 Å². The molecule has 0 saturated carbocycles. The van der Waals surface area contributed by atoms with Crippen molar-refractivity contribution in [3.05, 3.63) is 46.5 Å². The highest BCUT2D eigenvalue weighted by Crippen LogP contribution is 2.26. The third-order valence-corrected chi connectivity index (χ3v) is 4.86. The van der Waals surface area contributed by atoms with Gasteiger partial charge < -0.3 is 9.26 Å². The van der Waals surface area contributed by atoms with Gasteiger partial charge in [-0.05, 0) is 19.1 Å². The Kier molecular flexibility index (Phi) is 4.33. The van der Waals surface area contributed by atoms with Crippen LogP contribution in [0.1, 0.15) is 22.7 Å². The Bertz CT molecular complexity index is 804. The third kappa shape index (κ3) is 3.35. The molecule has 1 aliphatic heterocycles. The van der Waals surface area contributed by atoms with Crippen LogP contribution in [0.15, 0.2) is 34.4 Å². The first-order valence-corrected chi connectivity index (χ1v) is 8.65. The number of hydrogen-bond acceptors (Lipinski definition) is 8. The number of aryl methyl sites for hydroxylation is 1. The molecular formula is C16H17N5O2S. The lowest BCUT2D eigenvalue weighted by molar-refractivity contribution is -0.0357. The van der Waals surface area contributed by atoms with E-state index in [1.54, 1.807) is 23.7 Å². The predicted octanol–water partition coefficient (Wildman–Crippen LogP) is 2.47. The summed E-state index contributed by atoms with van der Waals surface area (Å²) in [5.74, 6) is 1.17. The van der Waals surface area contributed by atoms with Gasteiger partial charge in [0.1, 0.15) is 11.1 Å². The number of hydrogen-bond donors (Lipinski definition) is 0. The van der Waals surface area contributed by atoms with Crippen LogP contribution in [-0.2, 0) is 11.3 Å². The standard InChI is InChI=1S/C16H17N5O2S/c1-11-10-24-16(18-11)13-8-21(5-6-22-13)9-14-19-15(20-23-14)12-3-2-4-17-7-12/h2-4,7,10,13H,5-6,8-9H2,1H3/t13-/m1/s1. The van der Waals surface area contributed by atoms with E-state index in [1.807, 2.05) is 19.1 Å². The van der Waals surface area contributed by atoms with Gasteiger partial charge in [0.15, 0.2) is 0 Å². The highest BCUT2D eigenvalue weighted by molar-refractivity contribution is 7.09.